The van der Waals surface area contributed by atoms with Gasteiger partial charge in [0, 0.05) is 37.2 Å². The first-order chi connectivity index (χ1) is 15.1. The van der Waals surface area contributed by atoms with Crippen molar-refractivity contribution in [3.8, 4) is 10.6 Å². The zero-order valence-corrected chi connectivity index (χ0v) is 18.3. The van der Waals surface area contributed by atoms with Crippen LogP contribution >= 0.6 is 11.3 Å². The Morgan fingerprint density at radius 3 is 2.71 bits per heavy atom. The molecule has 0 spiro atoms. The summed E-state index contributed by atoms with van der Waals surface area (Å²) in [5, 5.41) is 0.846. The number of rotatable bonds is 5. The van der Waals surface area contributed by atoms with Crippen LogP contribution in [0.5, 0.6) is 0 Å². The summed E-state index contributed by atoms with van der Waals surface area (Å²) in [5.41, 5.74) is 2.50. The number of nitrogens with zero attached hydrogens (tertiary/aromatic N) is 4. The summed E-state index contributed by atoms with van der Waals surface area (Å²) in [7, 11) is -3.52. The summed E-state index contributed by atoms with van der Waals surface area (Å²) in [6.07, 6.45) is 4.95. The minimum absolute atomic E-state index is 0.0914. The third-order valence-electron chi connectivity index (χ3n) is 5.14. The van der Waals surface area contributed by atoms with Gasteiger partial charge in [-0.05, 0) is 29.8 Å². The summed E-state index contributed by atoms with van der Waals surface area (Å²) >= 11 is 1.54. The highest BCUT2D eigenvalue weighted by Gasteiger charge is 2.19. The molecule has 0 amide bonds. The maximum absolute atomic E-state index is 13.0. The monoisotopic (exact) mass is 452 g/mol. The molecule has 3 aromatic heterocycles. The zero-order valence-electron chi connectivity index (χ0n) is 16.6. The Balaban J connectivity index is 1.37. The molecule has 0 saturated carbocycles. The minimum atomic E-state index is -3.52. The van der Waals surface area contributed by atoms with Gasteiger partial charge in [0.15, 0.2) is 9.84 Å². The fraction of sp³-hybridized carbons (Fsp3) is 0.227. The predicted molar refractivity (Wildman–Crippen MR) is 121 cm³/mol. The van der Waals surface area contributed by atoms with Crippen molar-refractivity contribution in [3.05, 3.63) is 66.6 Å². The van der Waals surface area contributed by atoms with Crippen LogP contribution in [0.1, 0.15) is 5.56 Å². The van der Waals surface area contributed by atoms with Gasteiger partial charge in [0.2, 0.25) is 0 Å². The summed E-state index contributed by atoms with van der Waals surface area (Å²) < 4.78 is 32.3. The molecule has 1 fully saturated rings. The molecule has 1 aromatic carbocycles. The van der Waals surface area contributed by atoms with Gasteiger partial charge in [-0.1, -0.05) is 18.2 Å². The largest absolute Gasteiger partial charge is 0.378 e. The minimum Gasteiger partial charge on any atom is -0.378 e. The van der Waals surface area contributed by atoms with Crippen LogP contribution in [0.4, 0.5) is 5.82 Å². The SMILES string of the molecule is O=S(=O)(Cc1cccc(-c2nc3ccncc3s2)c1)c1ccc(N2CCOCC2)nc1. The van der Waals surface area contributed by atoms with Gasteiger partial charge in [-0.15, -0.1) is 11.3 Å². The lowest BCUT2D eigenvalue weighted by Gasteiger charge is -2.27. The van der Waals surface area contributed by atoms with Crippen molar-refractivity contribution in [2.45, 2.75) is 10.6 Å². The molecule has 1 aliphatic heterocycles. The molecule has 0 aliphatic carbocycles. The third kappa shape index (κ3) is 4.30. The normalized spacial score (nSPS) is 14.8. The predicted octanol–water partition coefficient (Wildman–Crippen LogP) is 3.56. The van der Waals surface area contributed by atoms with E-state index in [1.165, 1.54) is 6.20 Å². The molecule has 7 nitrogen and oxygen atoms in total. The Morgan fingerprint density at radius 2 is 1.94 bits per heavy atom. The Labute approximate surface area is 184 Å². The first kappa shape index (κ1) is 20.0. The van der Waals surface area contributed by atoms with Gasteiger partial charge >= 0.3 is 0 Å². The molecule has 0 N–H and O–H groups in total. The number of ether oxygens (including phenoxy) is 1. The second-order valence-corrected chi connectivity index (χ2v) is 10.3. The van der Waals surface area contributed by atoms with Crippen molar-refractivity contribution in [2.75, 3.05) is 31.2 Å². The lowest BCUT2D eigenvalue weighted by Crippen LogP contribution is -2.36. The maximum atomic E-state index is 13.0. The molecular formula is C22H20N4O3S2. The fourth-order valence-corrected chi connectivity index (χ4v) is 5.74. The van der Waals surface area contributed by atoms with E-state index in [4.69, 9.17) is 4.74 Å². The van der Waals surface area contributed by atoms with Crippen molar-refractivity contribution in [1.29, 1.82) is 0 Å². The van der Waals surface area contributed by atoms with Crippen LogP contribution < -0.4 is 4.90 Å². The van der Waals surface area contributed by atoms with Crippen LogP contribution in [0.25, 0.3) is 20.8 Å². The Kier molecular flexibility index (Phi) is 5.39. The quantitative estimate of drug-likeness (QED) is 0.458. The molecule has 31 heavy (non-hydrogen) atoms. The standard InChI is InChI=1S/C22H20N4O3S2/c27-31(28,18-4-5-21(24-13-18)26-8-10-29-11-9-26)15-16-2-1-3-17(12-16)22-25-19-6-7-23-14-20(19)30-22/h1-7,12-14H,8-11,15H2. The summed E-state index contributed by atoms with van der Waals surface area (Å²) in [4.78, 5) is 15.5. The highest BCUT2D eigenvalue weighted by molar-refractivity contribution is 7.90. The van der Waals surface area contributed by atoms with Crippen molar-refractivity contribution in [2.24, 2.45) is 0 Å². The van der Waals surface area contributed by atoms with Crippen LogP contribution in [0, 0.1) is 0 Å². The van der Waals surface area contributed by atoms with Crippen molar-refractivity contribution < 1.29 is 13.2 Å². The Morgan fingerprint density at radius 1 is 1.06 bits per heavy atom. The van der Waals surface area contributed by atoms with Gasteiger partial charge in [-0.2, -0.15) is 0 Å². The number of hydrogen-bond acceptors (Lipinski definition) is 8. The Hall–Kier alpha value is -2.88. The lowest BCUT2D eigenvalue weighted by atomic mass is 10.1. The average Bonchev–Trinajstić information content (AvgIpc) is 3.24. The molecule has 0 radical (unpaired) electrons. The van der Waals surface area contributed by atoms with E-state index in [2.05, 4.69) is 19.9 Å². The molecule has 4 heterocycles. The van der Waals surface area contributed by atoms with E-state index in [0.717, 1.165) is 39.7 Å². The number of fused-ring (bicyclic) bond motifs is 1. The molecule has 5 rings (SSSR count). The van der Waals surface area contributed by atoms with Crippen molar-refractivity contribution in [3.63, 3.8) is 0 Å². The highest BCUT2D eigenvalue weighted by Crippen LogP contribution is 2.30. The van der Waals surface area contributed by atoms with E-state index in [1.807, 2.05) is 30.3 Å². The fourth-order valence-electron chi connectivity index (χ4n) is 3.54. The van der Waals surface area contributed by atoms with Gasteiger partial charge in [0.25, 0.3) is 0 Å². The van der Waals surface area contributed by atoms with Crippen molar-refractivity contribution in [1.82, 2.24) is 15.0 Å². The van der Waals surface area contributed by atoms with Crippen LogP contribution in [-0.2, 0) is 20.3 Å². The van der Waals surface area contributed by atoms with Gasteiger partial charge < -0.3 is 9.64 Å². The molecule has 0 bridgehead atoms. The van der Waals surface area contributed by atoms with Gasteiger partial charge in [0.1, 0.15) is 10.8 Å². The number of aromatic nitrogens is 3. The summed E-state index contributed by atoms with van der Waals surface area (Å²) in [5.74, 6) is 0.681. The lowest BCUT2D eigenvalue weighted by molar-refractivity contribution is 0.122. The van der Waals surface area contributed by atoms with E-state index in [1.54, 1.807) is 35.9 Å². The smallest absolute Gasteiger partial charge is 0.184 e. The maximum Gasteiger partial charge on any atom is 0.184 e. The summed E-state index contributed by atoms with van der Waals surface area (Å²) in [6, 6.07) is 12.8. The Bertz CT molecular complexity index is 1280. The van der Waals surface area contributed by atoms with E-state index in [0.29, 0.717) is 18.8 Å². The van der Waals surface area contributed by atoms with Crippen LogP contribution in [0.3, 0.4) is 0 Å². The topological polar surface area (TPSA) is 85.3 Å². The number of thiazole rings is 1. The van der Waals surface area contributed by atoms with Crippen LogP contribution in [-0.4, -0.2) is 49.7 Å². The van der Waals surface area contributed by atoms with Crippen LogP contribution in [0.15, 0.2) is 66.0 Å². The molecule has 158 valence electrons. The highest BCUT2D eigenvalue weighted by atomic mass is 32.2. The van der Waals surface area contributed by atoms with E-state index >= 15 is 0 Å². The molecule has 1 saturated heterocycles. The third-order valence-corrected chi connectivity index (χ3v) is 7.86. The first-order valence-corrected chi connectivity index (χ1v) is 12.4. The van der Waals surface area contributed by atoms with E-state index in [9.17, 15) is 8.42 Å². The van der Waals surface area contributed by atoms with Gasteiger partial charge in [-0.25, -0.2) is 18.4 Å². The molecule has 9 heteroatoms. The second-order valence-electron chi connectivity index (χ2n) is 7.27. The molecule has 1 aliphatic rings. The number of pyridine rings is 2. The number of morpholine rings is 1. The average molecular weight is 453 g/mol. The van der Waals surface area contributed by atoms with Gasteiger partial charge in [-0.3, -0.25) is 4.98 Å². The van der Waals surface area contributed by atoms with Gasteiger partial charge in [0.05, 0.1) is 34.1 Å². The second kappa shape index (κ2) is 8.33. The molecular weight excluding hydrogens is 432 g/mol. The van der Waals surface area contributed by atoms with Crippen molar-refractivity contribution >= 4 is 37.2 Å². The first-order valence-electron chi connectivity index (χ1n) is 9.90. The number of hydrogen-bond donors (Lipinski definition) is 0. The van der Waals surface area contributed by atoms with E-state index < -0.39 is 9.84 Å². The number of anilines is 1. The van der Waals surface area contributed by atoms with E-state index in [-0.39, 0.29) is 10.6 Å². The summed E-state index contributed by atoms with van der Waals surface area (Å²) in [6.45, 7) is 2.83. The van der Waals surface area contributed by atoms with Crippen LogP contribution in [0.2, 0.25) is 0 Å². The number of sulfone groups is 1. The molecule has 0 unspecified atom stereocenters. The number of benzene rings is 1. The zero-order chi connectivity index (χ0) is 21.3. The molecule has 4 aromatic rings. The molecule has 0 atom stereocenters.